The van der Waals surface area contributed by atoms with Crippen LogP contribution in [0, 0.1) is 16.7 Å². The van der Waals surface area contributed by atoms with Gasteiger partial charge in [-0.3, -0.25) is 13.9 Å². The second kappa shape index (κ2) is 6.18. The van der Waals surface area contributed by atoms with Crippen LogP contribution >= 0.6 is 0 Å². The van der Waals surface area contributed by atoms with E-state index in [-0.39, 0.29) is 36.3 Å². The third-order valence-electron chi connectivity index (χ3n) is 6.56. The van der Waals surface area contributed by atoms with Gasteiger partial charge in [-0.2, -0.15) is 0 Å². The van der Waals surface area contributed by atoms with Crippen molar-refractivity contribution in [1.29, 1.82) is 0 Å². The predicted molar refractivity (Wildman–Crippen MR) is 93.4 cm³/mol. The maximum atomic E-state index is 13.2. The molecule has 144 valence electrons. The smallest absolute Gasteiger partial charge is 0.330 e. The highest BCUT2D eigenvalue weighted by Gasteiger charge is 2.65. The molecule has 0 aromatic heterocycles. The number of nitrogens with zero attached hydrogens (tertiary/aromatic N) is 1. The number of ether oxygens (including phenoxy) is 1. The molecular formula is C18H25NO6S. The van der Waals surface area contributed by atoms with E-state index in [9.17, 15) is 22.8 Å². The lowest BCUT2D eigenvalue weighted by atomic mass is 9.70. The summed E-state index contributed by atoms with van der Waals surface area (Å²) in [5, 5.41) is 0. The number of esters is 1. The zero-order valence-corrected chi connectivity index (χ0v) is 16.2. The van der Waals surface area contributed by atoms with Gasteiger partial charge in [0.1, 0.15) is 11.8 Å². The molecule has 0 spiro atoms. The molecule has 7 nitrogen and oxygen atoms in total. The molecule has 2 aliphatic carbocycles. The minimum atomic E-state index is -3.98. The molecule has 2 bridgehead atoms. The highest BCUT2D eigenvalue weighted by atomic mass is 32.2. The molecule has 2 fully saturated rings. The van der Waals surface area contributed by atoms with Crippen LogP contribution in [-0.4, -0.2) is 48.7 Å². The maximum Gasteiger partial charge on any atom is 0.330 e. The summed E-state index contributed by atoms with van der Waals surface area (Å²) in [7, 11) is -3.98. The third-order valence-corrected chi connectivity index (χ3v) is 8.43. The van der Waals surface area contributed by atoms with E-state index in [1.165, 1.54) is 0 Å². The van der Waals surface area contributed by atoms with Crippen molar-refractivity contribution in [3.05, 3.63) is 12.3 Å². The molecule has 3 aliphatic rings. The number of Topliss-reactive ketones (excluding diaryl/α,β-unsaturated/α-hetero) is 1. The lowest BCUT2D eigenvalue weighted by Crippen LogP contribution is -2.51. The van der Waals surface area contributed by atoms with Crippen molar-refractivity contribution in [2.24, 2.45) is 16.7 Å². The molecule has 0 N–H and O–H groups in total. The largest absolute Gasteiger partial charge is 0.464 e. The van der Waals surface area contributed by atoms with Crippen LogP contribution in [0.2, 0.25) is 0 Å². The topological polar surface area (TPSA) is 97.8 Å². The number of sulfonamides is 1. The Morgan fingerprint density at radius 1 is 1.31 bits per heavy atom. The zero-order valence-electron chi connectivity index (χ0n) is 15.4. The Morgan fingerprint density at radius 2 is 2.00 bits per heavy atom. The van der Waals surface area contributed by atoms with E-state index >= 15 is 0 Å². The lowest BCUT2D eigenvalue weighted by Gasteiger charge is -2.39. The molecule has 8 heteroatoms. The van der Waals surface area contributed by atoms with E-state index in [0.29, 0.717) is 12.8 Å². The molecule has 1 aliphatic heterocycles. The quantitative estimate of drug-likeness (QED) is 0.666. The summed E-state index contributed by atoms with van der Waals surface area (Å²) in [5.41, 5.74) is -1.32. The van der Waals surface area contributed by atoms with Gasteiger partial charge < -0.3 is 4.74 Å². The van der Waals surface area contributed by atoms with Gasteiger partial charge in [0.15, 0.2) is 5.78 Å². The van der Waals surface area contributed by atoms with E-state index < -0.39 is 32.9 Å². The van der Waals surface area contributed by atoms with Crippen molar-refractivity contribution in [3.63, 3.8) is 0 Å². The van der Waals surface area contributed by atoms with Crippen molar-refractivity contribution in [1.82, 2.24) is 4.31 Å². The van der Waals surface area contributed by atoms with Gasteiger partial charge in [0.25, 0.3) is 0 Å². The normalized spacial score (nSPS) is 33.0. The first-order chi connectivity index (χ1) is 12.0. The molecule has 0 radical (unpaired) electrons. The molecule has 2 saturated carbocycles. The van der Waals surface area contributed by atoms with Crippen LogP contribution in [0.15, 0.2) is 12.3 Å². The van der Waals surface area contributed by atoms with Crippen molar-refractivity contribution < 1.29 is 27.5 Å². The van der Waals surface area contributed by atoms with Crippen molar-refractivity contribution in [2.45, 2.75) is 52.5 Å². The van der Waals surface area contributed by atoms with Gasteiger partial charge in [-0.15, -0.1) is 0 Å². The van der Waals surface area contributed by atoms with Crippen LogP contribution in [0.25, 0.3) is 0 Å². The SMILES string of the molecule is CCOC(=O)[C@H]1CC(=O)C=CN1S(=O)(=O)C[C@@]12CC[C@@H](CC1=O)C2(C)C. The molecule has 3 atom stereocenters. The molecule has 0 saturated heterocycles. The maximum absolute atomic E-state index is 13.2. The Hall–Kier alpha value is -1.70. The van der Waals surface area contributed by atoms with Crippen LogP contribution in [0.4, 0.5) is 0 Å². The number of hydrogen-bond donors (Lipinski definition) is 0. The first-order valence-corrected chi connectivity index (χ1v) is 10.6. The average molecular weight is 383 g/mol. The zero-order chi connectivity index (χ0) is 19.3. The van der Waals surface area contributed by atoms with Crippen molar-refractivity contribution in [2.75, 3.05) is 12.4 Å². The number of fused-ring (bicyclic) bond motifs is 2. The molecular weight excluding hydrogens is 358 g/mol. The summed E-state index contributed by atoms with van der Waals surface area (Å²) in [6.45, 7) is 5.64. The van der Waals surface area contributed by atoms with Gasteiger partial charge >= 0.3 is 5.97 Å². The minimum absolute atomic E-state index is 0.00734. The van der Waals surface area contributed by atoms with E-state index in [0.717, 1.165) is 23.0 Å². The number of ketones is 2. The van der Waals surface area contributed by atoms with Gasteiger partial charge in [0, 0.05) is 19.0 Å². The highest BCUT2D eigenvalue weighted by Crippen LogP contribution is 2.64. The molecule has 0 amide bonds. The molecule has 26 heavy (non-hydrogen) atoms. The Balaban J connectivity index is 1.94. The van der Waals surface area contributed by atoms with Gasteiger partial charge in [-0.1, -0.05) is 13.8 Å². The van der Waals surface area contributed by atoms with Crippen molar-refractivity contribution >= 4 is 27.6 Å². The molecule has 0 aromatic rings. The highest BCUT2D eigenvalue weighted by molar-refractivity contribution is 7.89. The first-order valence-electron chi connectivity index (χ1n) is 8.97. The number of rotatable bonds is 5. The Morgan fingerprint density at radius 3 is 2.54 bits per heavy atom. The van der Waals surface area contributed by atoms with Crippen molar-refractivity contribution in [3.8, 4) is 0 Å². The van der Waals surface area contributed by atoms with Crippen LogP contribution in [0.1, 0.15) is 46.5 Å². The van der Waals surface area contributed by atoms with E-state index in [1.807, 2.05) is 13.8 Å². The second-order valence-electron chi connectivity index (χ2n) is 8.01. The number of allylic oxidation sites excluding steroid dienone is 1. The van der Waals surface area contributed by atoms with E-state index in [1.54, 1.807) is 6.92 Å². The van der Waals surface area contributed by atoms with Crippen LogP contribution in [0.3, 0.4) is 0 Å². The Labute approximate surface area is 153 Å². The number of carbonyl (C=O) groups is 3. The lowest BCUT2D eigenvalue weighted by molar-refractivity contribution is -0.148. The van der Waals surface area contributed by atoms with Gasteiger partial charge in [-0.05, 0) is 37.2 Å². The fraction of sp³-hybridized carbons (Fsp3) is 0.722. The van der Waals surface area contributed by atoms with Gasteiger partial charge in [0.05, 0.1) is 17.8 Å². The summed E-state index contributed by atoms with van der Waals surface area (Å²) in [5.74, 6) is -1.22. The van der Waals surface area contributed by atoms with Crippen LogP contribution < -0.4 is 0 Å². The monoisotopic (exact) mass is 383 g/mol. The van der Waals surface area contributed by atoms with Gasteiger partial charge in [-0.25, -0.2) is 13.2 Å². The standard InChI is InChI=1S/C18H25NO6S/c1-4-25-16(22)14-10-13(20)6-8-19(14)26(23,24)11-18-7-5-12(9-15(18)21)17(18,2)3/h6,8,12,14H,4-5,7,9-11H2,1-3H3/t12-,14+,18-/m0/s1. The Bertz CT molecular complexity index is 784. The fourth-order valence-corrected chi connectivity index (χ4v) is 7.06. The van der Waals surface area contributed by atoms with Crippen LogP contribution in [-0.2, 0) is 29.1 Å². The Kier molecular flexibility index (Phi) is 4.53. The summed E-state index contributed by atoms with van der Waals surface area (Å²) in [4.78, 5) is 36.6. The summed E-state index contributed by atoms with van der Waals surface area (Å²) < 4.78 is 32.2. The summed E-state index contributed by atoms with van der Waals surface area (Å²) in [6, 6.07) is -1.20. The molecule has 0 unspecified atom stereocenters. The van der Waals surface area contributed by atoms with E-state index in [2.05, 4.69) is 0 Å². The number of hydrogen-bond acceptors (Lipinski definition) is 6. The van der Waals surface area contributed by atoms with Crippen LogP contribution in [0.5, 0.6) is 0 Å². The first kappa shape index (κ1) is 19.1. The summed E-state index contributed by atoms with van der Waals surface area (Å²) >= 11 is 0. The second-order valence-corrected chi connectivity index (χ2v) is 9.88. The fourth-order valence-electron chi connectivity index (χ4n) is 4.82. The third kappa shape index (κ3) is 2.69. The molecule has 0 aromatic carbocycles. The summed E-state index contributed by atoms with van der Waals surface area (Å²) in [6.07, 6.45) is 3.84. The number of carbonyl (C=O) groups excluding carboxylic acids is 3. The molecule has 3 rings (SSSR count). The van der Waals surface area contributed by atoms with Gasteiger partial charge in [0.2, 0.25) is 10.0 Å². The average Bonchev–Trinajstić information content (AvgIpc) is 2.88. The van der Waals surface area contributed by atoms with E-state index in [4.69, 9.17) is 4.74 Å². The molecule has 1 heterocycles. The predicted octanol–water partition coefficient (Wildman–Crippen LogP) is 1.43. The minimum Gasteiger partial charge on any atom is -0.464 e.